The molecule has 0 aliphatic heterocycles. The van der Waals surface area contributed by atoms with Crippen LogP contribution in [-0.4, -0.2) is 38.4 Å². The molecule has 0 spiro atoms. The van der Waals surface area contributed by atoms with Crippen LogP contribution in [0.25, 0.3) is 0 Å². The van der Waals surface area contributed by atoms with Gasteiger partial charge in [0.05, 0.1) is 24.3 Å². The van der Waals surface area contributed by atoms with Crippen LogP contribution < -0.4 is 14.8 Å². The minimum absolute atomic E-state index is 0.0547. The lowest BCUT2D eigenvalue weighted by Gasteiger charge is -2.14. The Balaban J connectivity index is 2.40. The van der Waals surface area contributed by atoms with Crippen LogP contribution in [0.2, 0.25) is 0 Å². The van der Waals surface area contributed by atoms with Crippen molar-refractivity contribution in [1.82, 2.24) is 9.97 Å². The third-order valence-corrected chi connectivity index (χ3v) is 3.99. The van der Waals surface area contributed by atoms with E-state index in [0.717, 1.165) is 12.3 Å². The highest BCUT2D eigenvalue weighted by Crippen LogP contribution is 2.33. The largest absolute Gasteiger partial charge is 0.486 e. The molecule has 0 unspecified atom stereocenters. The summed E-state index contributed by atoms with van der Waals surface area (Å²) in [5.41, 5.74) is 0.0547. The quantitative estimate of drug-likeness (QED) is 0.861. The second-order valence-corrected chi connectivity index (χ2v) is 6.55. The molecule has 1 aromatic carbocycles. The Morgan fingerprint density at radius 3 is 2.61 bits per heavy atom. The molecule has 0 saturated heterocycles. The molecule has 0 atom stereocenters. The molecule has 2 aromatic rings. The molecule has 9 heteroatoms. The van der Waals surface area contributed by atoms with Crippen LogP contribution in [0.5, 0.6) is 11.6 Å². The molecule has 0 fully saturated rings. The Bertz CT molecular complexity index is 812. The fraction of sp³-hybridized carbons (Fsp3) is 0.286. The van der Waals surface area contributed by atoms with E-state index in [1.165, 1.54) is 25.6 Å². The first-order chi connectivity index (χ1) is 10.9. The van der Waals surface area contributed by atoms with E-state index in [1.807, 2.05) is 0 Å². The van der Waals surface area contributed by atoms with E-state index in [9.17, 15) is 12.8 Å². The summed E-state index contributed by atoms with van der Waals surface area (Å²) in [6, 6.07) is 3.56. The summed E-state index contributed by atoms with van der Waals surface area (Å²) in [5.74, 6) is -0.0701. The summed E-state index contributed by atoms with van der Waals surface area (Å²) in [6.07, 6.45) is 2.25. The SMILES string of the molecule is CCOc1c(Nc2ccc(S(C)(=O)=O)cc2F)ncnc1OC. The van der Waals surface area contributed by atoms with Gasteiger partial charge in [-0.25, -0.2) is 17.8 Å². The third kappa shape index (κ3) is 3.86. The van der Waals surface area contributed by atoms with Crippen LogP contribution in [0.1, 0.15) is 6.92 Å². The van der Waals surface area contributed by atoms with Crippen molar-refractivity contribution < 1.29 is 22.3 Å². The van der Waals surface area contributed by atoms with Crippen LogP contribution in [0.4, 0.5) is 15.9 Å². The van der Waals surface area contributed by atoms with Crippen LogP contribution in [0, 0.1) is 5.82 Å². The third-order valence-electron chi connectivity index (χ3n) is 2.87. The van der Waals surface area contributed by atoms with Gasteiger partial charge in [-0.3, -0.25) is 0 Å². The fourth-order valence-electron chi connectivity index (χ4n) is 1.82. The molecule has 23 heavy (non-hydrogen) atoms. The van der Waals surface area contributed by atoms with E-state index < -0.39 is 15.7 Å². The van der Waals surface area contributed by atoms with Crippen molar-refractivity contribution in [2.45, 2.75) is 11.8 Å². The van der Waals surface area contributed by atoms with Crippen molar-refractivity contribution in [3.63, 3.8) is 0 Å². The van der Waals surface area contributed by atoms with Crippen molar-refractivity contribution in [2.24, 2.45) is 0 Å². The maximum absolute atomic E-state index is 14.1. The van der Waals surface area contributed by atoms with Gasteiger partial charge in [-0.2, -0.15) is 4.98 Å². The van der Waals surface area contributed by atoms with E-state index >= 15 is 0 Å². The second-order valence-electron chi connectivity index (χ2n) is 4.53. The van der Waals surface area contributed by atoms with Crippen LogP contribution in [0.3, 0.4) is 0 Å². The molecule has 0 aliphatic carbocycles. The maximum Gasteiger partial charge on any atom is 0.262 e. The van der Waals surface area contributed by atoms with Crippen molar-refractivity contribution in [3.05, 3.63) is 30.3 Å². The summed E-state index contributed by atoms with van der Waals surface area (Å²) in [6.45, 7) is 2.12. The van der Waals surface area contributed by atoms with E-state index in [2.05, 4.69) is 15.3 Å². The Morgan fingerprint density at radius 1 is 1.30 bits per heavy atom. The first-order valence-electron chi connectivity index (χ1n) is 6.65. The highest BCUT2D eigenvalue weighted by molar-refractivity contribution is 7.90. The molecule has 1 aromatic heterocycles. The van der Waals surface area contributed by atoms with Crippen molar-refractivity contribution in [3.8, 4) is 11.6 Å². The second kappa shape index (κ2) is 6.78. The van der Waals surface area contributed by atoms with Gasteiger partial charge in [-0.15, -0.1) is 0 Å². The zero-order valence-electron chi connectivity index (χ0n) is 12.8. The number of hydrogen-bond donors (Lipinski definition) is 1. The number of ether oxygens (including phenoxy) is 2. The van der Waals surface area contributed by atoms with Gasteiger partial charge < -0.3 is 14.8 Å². The number of methoxy groups -OCH3 is 1. The number of benzene rings is 1. The lowest BCUT2D eigenvalue weighted by molar-refractivity contribution is 0.304. The van der Waals surface area contributed by atoms with E-state index in [-0.39, 0.29) is 28.0 Å². The number of halogens is 1. The molecule has 0 aliphatic rings. The van der Waals surface area contributed by atoms with E-state index in [0.29, 0.717) is 6.61 Å². The van der Waals surface area contributed by atoms with E-state index in [4.69, 9.17) is 9.47 Å². The van der Waals surface area contributed by atoms with Gasteiger partial charge in [0.1, 0.15) is 12.1 Å². The van der Waals surface area contributed by atoms with Crippen LogP contribution in [0.15, 0.2) is 29.4 Å². The van der Waals surface area contributed by atoms with Crippen molar-refractivity contribution >= 4 is 21.3 Å². The number of nitrogens with zero attached hydrogens (tertiary/aromatic N) is 2. The molecule has 0 amide bonds. The Hall–Kier alpha value is -2.42. The number of sulfone groups is 1. The minimum atomic E-state index is -3.48. The molecule has 2 rings (SSSR count). The first kappa shape index (κ1) is 16.9. The smallest absolute Gasteiger partial charge is 0.262 e. The molecule has 7 nitrogen and oxygen atoms in total. The predicted octanol–water partition coefficient (Wildman–Crippen LogP) is 2.17. The van der Waals surface area contributed by atoms with Crippen LogP contribution in [-0.2, 0) is 9.84 Å². The molecule has 0 bridgehead atoms. The standard InChI is InChI=1S/C14H16FN3O4S/c1-4-22-12-13(16-8-17-14(12)21-2)18-11-6-5-9(7-10(11)15)23(3,19)20/h5-8H,4H2,1-3H3,(H,16,17,18). The number of aromatic nitrogens is 2. The minimum Gasteiger partial charge on any atom is -0.486 e. The zero-order chi connectivity index (χ0) is 17.0. The summed E-state index contributed by atoms with van der Waals surface area (Å²) in [7, 11) is -2.05. The van der Waals surface area contributed by atoms with Gasteiger partial charge in [-0.1, -0.05) is 0 Å². The van der Waals surface area contributed by atoms with Gasteiger partial charge in [0, 0.05) is 6.26 Å². The zero-order valence-corrected chi connectivity index (χ0v) is 13.6. The summed E-state index contributed by atoms with van der Waals surface area (Å²) >= 11 is 0. The van der Waals surface area contributed by atoms with Crippen molar-refractivity contribution in [1.29, 1.82) is 0 Å². The molecule has 1 N–H and O–H groups in total. The van der Waals surface area contributed by atoms with Gasteiger partial charge in [0.15, 0.2) is 15.7 Å². The monoisotopic (exact) mass is 341 g/mol. The Morgan fingerprint density at radius 2 is 2.04 bits per heavy atom. The summed E-state index contributed by atoms with van der Waals surface area (Å²) in [4.78, 5) is 7.81. The average molecular weight is 341 g/mol. The molecular formula is C14H16FN3O4S. The van der Waals surface area contributed by atoms with Gasteiger partial charge >= 0.3 is 0 Å². The van der Waals surface area contributed by atoms with E-state index in [1.54, 1.807) is 6.92 Å². The predicted molar refractivity (Wildman–Crippen MR) is 82.5 cm³/mol. The Labute approximate surface area is 133 Å². The lowest BCUT2D eigenvalue weighted by Crippen LogP contribution is -2.05. The number of anilines is 2. The fourth-order valence-corrected chi connectivity index (χ4v) is 2.45. The van der Waals surface area contributed by atoms with Gasteiger partial charge in [0.2, 0.25) is 5.75 Å². The van der Waals surface area contributed by atoms with Gasteiger partial charge in [0.25, 0.3) is 5.88 Å². The lowest BCUT2D eigenvalue weighted by atomic mass is 10.3. The topological polar surface area (TPSA) is 90.4 Å². The summed E-state index contributed by atoms with van der Waals surface area (Å²) in [5, 5.41) is 2.75. The highest BCUT2D eigenvalue weighted by atomic mass is 32.2. The molecule has 124 valence electrons. The van der Waals surface area contributed by atoms with Gasteiger partial charge in [-0.05, 0) is 25.1 Å². The molecule has 0 radical (unpaired) electrons. The number of rotatable bonds is 6. The van der Waals surface area contributed by atoms with Crippen LogP contribution >= 0.6 is 0 Å². The van der Waals surface area contributed by atoms with Crippen molar-refractivity contribution in [2.75, 3.05) is 25.3 Å². The highest BCUT2D eigenvalue weighted by Gasteiger charge is 2.16. The Kier molecular flexibility index (Phi) is 4.99. The maximum atomic E-state index is 14.1. The number of hydrogen-bond acceptors (Lipinski definition) is 7. The molecule has 1 heterocycles. The summed E-state index contributed by atoms with van der Waals surface area (Å²) < 4.78 is 47.5. The first-order valence-corrected chi connectivity index (χ1v) is 8.54. The normalized spacial score (nSPS) is 11.1. The average Bonchev–Trinajstić information content (AvgIpc) is 2.50. The molecule has 0 saturated carbocycles. The number of nitrogens with one attached hydrogen (secondary N) is 1. The molecular weight excluding hydrogens is 325 g/mol.